The molecule has 134 valence electrons. The number of hydrogen-bond donors (Lipinski definition) is 2. The van der Waals surface area contributed by atoms with Crippen LogP contribution in [0.4, 0.5) is 17.6 Å². The quantitative estimate of drug-likeness (QED) is 0.738. The summed E-state index contributed by atoms with van der Waals surface area (Å²) in [4.78, 5) is 11.2. The Morgan fingerprint density at radius 2 is 1.72 bits per heavy atom. The van der Waals surface area contributed by atoms with Gasteiger partial charge in [0.25, 0.3) is 0 Å². The van der Waals surface area contributed by atoms with Gasteiger partial charge in [0.15, 0.2) is 0 Å². The molecular formula is C20H29N5. The summed E-state index contributed by atoms with van der Waals surface area (Å²) in [7, 11) is 0. The Balaban J connectivity index is 1.93. The molecule has 0 bridgehead atoms. The summed E-state index contributed by atoms with van der Waals surface area (Å²) < 4.78 is 0. The summed E-state index contributed by atoms with van der Waals surface area (Å²) in [6.45, 7) is 6.15. The van der Waals surface area contributed by atoms with E-state index in [1.807, 2.05) is 0 Å². The molecule has 2 aromatic rings. The van der Waals surface area contributed by atoms with Gasteiger partial charge in [-0.25, -0.2) is 0 Å². The van der Waals surface area contributed by atoms with Crippen LogP contribution in [0.5, 0.6) is 0 Å². The van der Waals surface area contributed by atoms with Gasteiger partial charge in [-0.1, -0.05) is 57.4 Å². The first-order chi connectivity index (χ1) is 12.1. The highest BCUT2D eigenvalue weighted by Crippen LogP contribution is 2.39. The Hall–Kier alpha value is -2.30. The van der Waals surface area contributed by atoms with Gasteiger partial charge < -0.3 is 16.4 Å². The second kappa shape index (κ2) is 7.72. The molecule has 2 heterocycles. The third-order valence-electron chi connectivity index (χ3n) is 5.17. The fourth-order valence-electron chi connectivity index (χ4n) is 3.80. The van der Waals surface area contributed by atoms with E-state index in [0.29, 0.717) is 11.7 Å². The Morgan fingerprint density at radius 3 is 2.32 bits per heavy atom. The van der Waals surface area contributed by atoms with E-state index in [1.165, 1.54) is 30.4 Å². The van der Waals surface area contributed by atoms with Crippen LogP contribution >= 0.6 is 0 Å². The minimum Gasteiger partial charge on any atom is -0.383 e. The maximum Gasteiger partial charge on any atom is 0.223 e. The molecule has 0 aliphatic carbocycles. The third-order valence-corrected chi connectivity index (χ3v) is 5.17. The highest BCUT2D eigenvalue weighted by Gasteiger charge is 2.27. The molecule has 1 unspecified atom stereocenters. The van der Waals surface area contributed by atoms with Gasteiger partial charge in [-0.2, -0.15) is 9.97 Å². The second-order valence-corrected chi connectivity index (χ2v) is 6.93. The Bertz CT molecular complexity index is 703. The molecule has 1 aromatic heterocycles. The minimum atomic E-state index is 0.260. The van der Waals surface area contributed by atoms with Gasteiger partial charge in [-0.05, 0) is 29.9 Å². The van der Waals surface area contributed by atoms with Gasteiger partial charge in [0.05, 0.1) is 0 Å². The van der Waals surface area contributed by atoms with Crippen molar-refractivity contribution in [1.82, 2.24) is 9.97 Å². The van der Waals surface area contributed by atoms with Gasteiger partial charge in [0.1, 0.15) is 11.6 Å². The van der Waals surface area contributed by atoms with E-state index in [2.05, 4.69) is 53.0 Å². The number of aromatic nitrogens is 2. The molecule has 0 saturated carbocycles. The number of nitrogen functional groups attached to an aromatic ring is 2. The van der Waals surface area contributed by atoms with Crippen molar-refractivity contribution in [2.45, 2.75) is 65.0 Å². The number of benzene rings is 1. The van der Waals surface area contributed by atoms with Gasteiger partial charge in [-0.3, -0.25) is 0 Å². The Kier molecular flexibility index (Phi) is 5.41. The van der Waals surface area contributed by atoms with Gasteiger partial charge in [-0.15, -0.1) is 0 Å². The summed E-state index contributed by atoms with van der Waals surface area (Å²) >= 11 is 0. The van der Waals surface area contributed by atoms with Crippen LogP contribution in [0.3, 0.4) is 0 Å². The van der Waals surface area contributed by atoms with Crippen LogP contribution in [0.15, 0.2) is 24.3 Å². The molecule has 0 saturated heterocycles. The zero-order valence-electron chi connectivity index (χ0n) is 15.3. The largest absolute Gasteiger partial charge is 0.383 e. The molecule has 0 amide bonds. The fourth-order valence-corrected chi connectivity index (χ4v) is 3.80. The van der Waals surface area contributed by atoms with Gasteiger partial charge in [0, 0.05) is 18.7 Å². The first kappa shape index (κ1) is 17.5. The molecule has 1 aliphatic heterocycles. The lowest BCUT2D eigenvalue weighted by molar-refractivity contribution is 0.551. The van der Waals surface area contributed by atoms with E-state index in [1.54, 1.807) is 0 Å². The number of anilines is 3. The van der Waals surface area contributed by atoms with Crippen molar-refractivity contribution < 1.29 is 0 Å². The standard InChI is InChI=1S/C20H29N5/c1-3-5-6-9-14(4-2)17-18(21)23-20(22)24-19(17)25-12-15-10-7-8-11-16(15)13-25/h7-8,10-11,14H,3-6,9,12-13H2,1-2H3,(H4,21,22,23,24). The second-order valence-electron chi connectivity index (χ2n) is 6.93. The minimum absolute atomic E-state index is 0.260. The lowest BCUT2D eigenvalue weighted by atomic mass is 9.91. The molecular weight excluding hydrogens is 310 g/mol. The van der Waals surface area contributed by atoms with E-state index in [0.717, 1.165) is 37.3 Å². The van der Waals surface area contributed by atoms with E-state index < -0.39 is 0 Å². The normalized spacial score (nSPS) is 14.6. The molecule has 0 spiro atoms. The topological polar surface area (TPSA) is 81.1 Å². The number of hydrogen-bond acceptors (Lipinski definition) is 5. The maximum absolute atomic E-state index is 6.32. The molecule has 4 N–H and O–H groups in total. The average molecular weight is 339 g/mol. The molecule has 0 radical (unpaired) electrons. The third kappa shape index (κ3) is 3.70. The molecule has 1 aromatic carbocycles. The van der Waals surface area contributed by atoms with Crippen molar-refractivity contribution in [1.29, 1.82) is 0 Å². The number of fused-ring (bicyclic) bond motifs is 1. The first-order valence-electron chi connectivity index (χ1n) is 9.38. The van der Waals surface area contributed by atoms with Crippen LogP contribution in [0, 0.1) is 0 Å². The monoisotopic (exact) mass is 339 g/mol. The van der Waals surface area contributed by atoms with Crippen LogP contribution in [0.2, 0.25) is 0 Å². The highest BCUT2D eigenvalue weighted by atomic mass is 15.2. The Morgan fingerprint density at radius 1 is 1.04 bits per heavy atom. The molecule has 1 aliphatic rings. The maximum atomic E-state index is 6.32. The molecule has 1 atom stereocenters. The average Bonchev–Trinajstić information content (AvgIpc) is 3.03. The SMILES string of the molecule is CCCCCC(CC)c1c(N)nc(N)nc1N1Cc2ccccc2C1. The van der Waals surface area contributed by atoms with Crippen molar-refractivity contribution in [3.05, 3.63) is 41.0 Å². The van der Waals surface area contributed by atoms with Gasteiger partial charge >= 0.3 is 0 Å². The molecule has 3 rings (SSSR count). The zero-order chi connectivity index (χ0) is 17.8. The fraction of sp³-hybridized carbons (Fsp3) is 0.500. The summed E-state index contributed by atoms with van der Waals surface area (Å²) in [5.74, 6) is 2.10. The summed E-state index contributed by atoms with van der Waals surface area (Å²) in [6, 6.07) is 8.54. The highest BCUT2D eigenvalue weighted by molar-refractivity contribution is 5.63. The summed E-state index contributed by atoms with van der Waals surface area (Å²) in [6.07, 6.45) is 5.83. The molecule has 0 fully saturated rings. The van der Waals surface area contributed by atoms with E-state index in [9.17, 15) is 0 Å². The van der Waals surface area contributed by atoms with Crippen molar-refractivity contribution in [3.63, 3.8) is 0 Å². The van der Waals surface area contributed by atoms with Crippen LogP contribution in [0.25, 0.3) is 0 Å². The van der Waals surface area contributed by atoms with Crippen LogP contribution in [-0.4, -0.2) is 9.97 Å². The predicted octanol–water partition coefficient (Wildman–Crippen LogP) is 4.24. The number of unbranched alkanes of at least 4 members (excludes halogenated alkanes) is 2. The van der Waals surface area contributed by atoms with Crippen LogP contribution < -0.4 is 16.4 Å². The van der Waals surface area contributed by atoms with Gasteiger partial charge in [0.2, 0.25) is 5.95 Å². The summed E-state index contributed by atoms with van der Waals surface area (Å²) in [5, 5.41) is 0. The number of rotatable bonds is 7. The summed E-state index contributed by atoms with van der Waals surface area (Å²) in [5.41, 5.74) is 16.0. The van der Waals surface area contributed by atoms with E-state index >= 15 is 0 Å². The van der Waals surface area contributed by atoms with E-state index in [-0.39, 0.29) is 5.95 Å². The predicted molar refractivity (Wildman–Crippen MR) is 104 cm³/mol. The van der Waals surface area contributed by atoms with Crippen LogP contribution in [-0.2, 0) is 13.1 Å². The smallest absolute Gasteiger partial charge is 0.223 e. The first-order valence-corrected chi connectivity index (χ1v) is 9.38. The van der Waals surface area contributed by atoms with Crippen molar-refractivity contribution >= 4 is 17.6 Å². The number of nitrogens with zero attached hydrogens (tertiary/aromatic N) is 3. The molecule has 25 heavy (non-hydrogen) atoms. The molecule has 5 heteroatoms. The zero-order valence-corrected chi connectivity index (χ0v) is 15.3. The number of nitrogens with two attached hydrogens (primary N) is 2. The van der Waals surface area contributed by atoms with E-state index in [4.69, 9.17) is 11.5 Å². The van der Waals surface area contributed by atoms with Crippen molar-refractivity contribution in [2.24, 2.45) is 0 Å². The van der Waals surface area contributed by atoms with Crippen molar-refractivity contribution in [2.75, 3.05) is 16.4 Å². The van der Waals surface area contributed by atoms with Crippen LogP contribution in [0.1, 0.15) is 68.6 Å². The Labute approximate surface area is 150 Å². The lowest BCUT2D eigenvalue weighted by Gasteiger charge is -2.25. The molecule has 5 nitrogen and oxygen atoms in total. The lowest BCUT2D eigenvalue weighted by Crippen LogP contribution is -2.22. The van der Waals surface area contributed by atoms with Crippen molar-refractivity contribution in [3.8, 4) is 0 Å².